The normalized spacial score (nSPS) is 11.5. The van der Waals surface area contributed by atoms with Crippen LogP contribution in [0, 0.1) is 0 Å². The molecule has 6 nitrogen and oxygen atoms in total. The van der Waals surface area contributed by atoms with E-state index in [1.165, 1.54) is 0 Å². The summed E-state index contributed by atoms with van der Waals surface area (Å²) >= 11 is 5.78. The number of halogens is 4. The van der Waals surface area contributed by atoms with Crippen LogP contribution in [0.1, 0.15) is 25.0 Å². The molecule has 2 N–H and O–H groups in total. The average molecular weight is 393 g/mol. The molecule has 142 valence electrons. The number of nitrogens with one attached hydrogen (secondary N) is 2. The topological polar surface area (TPSA) is 84.5 Å². The van der Waals surface area contributed by atoms with E-state index in [-0.39, 0.29) is 16.6 Å². The van der Waals surface area contributed by atoms with E-state index in [9.17, 15) is 27.6 Å². The highest BCUT2D eigenvalue weighted by atomic mass is 35.5. The highest BCUT2D eigenvalue weighted by Gasteiger charge is 2.30. The summed E-state index contributed by atoms with van der Waals surface area (Å²) in [5.74, 6) is -1.85. The molecule has 0 fully saturated rings. The lowest BCUT2D eigenvalue weighted by Gasteiger charge is -2.09. The van der Waals surface area contributed by atoms with Crippen molar-refractivity contribution in [1.29, 1.82) is 0 Å². The third-order valence-electron chi connectivity index (χ3n) is 2.74. The Balaban J connectivity index is 2.60. The van der Waals surface area contributed by atoms with Crippen LogP contribution in [-0.2, 0) is 20.5 Å². The van der Waals surface area contributed by atoms with Crippen molar-refractivity contribution in [3.63, 3.8) is 0 Å². The van der Waals surface area contributed by atoms with E-state index in [2.05, 4.69) is 10.1 Å². The van der Waals surface area contributed by atoms with Gasteiger partial charge in [-0.2, -0.15) is 13.2 Å². The maximum atomic E-state index is 12.7. The highest BCUT2D eigenvalue weighted by Crippen LogP contribution is 2.32. The first-order valence-corrected chi connectivity index (χ1v) is 7.68. The molecule has 0 bridgehead atoms. The van der Waals surface area contributed by atoms with Crippen LogP contribution >= 0.6 is 11.6 Å². The first kappa shape index (κ1) is 21.5. The Labute approximate surface area is 152 Å². The molecule has 0 aliphatic carbocycles. The summed E-state index contributed by atoms with van der Waals surface area (Å²) in [6.45, 7) is 2.65. The predicted molar refractivity (Wildman–Crippen MR) is 88.3 cm³/mol. The fourth-order valence-corrected chi connectivity index (χ4v) is 1.83. The second kappa shape index (κ2) is 9.23. The van der Waals surface area contributed by atoms with Crippen LogP contribution in [0.5, 0.6) is 0 Å². The minimum Gasteiger partial charge on any atom is -0.452 e. The van der Waals surface area contributed by atoms with Crippen LogP contribution in [0.25, 0.3) is 6.08 Å². The molecule has 0 heterocycles. The van der Waals surface area contributed by atoms with Gasteiger partial charge in [0.05, 0.1) is 5.56 Å². The van der Waals surface area contributed by atoms with Gasteiger partial charge in [-0.05, 0) is 43.7 Å². The number of amides is 3. The minimum atomic E-state index is -4.55. The maximum Gasteiger partial charge on any atom is 0.416 e. The Kier molecular flexibility index (Phi) is 7.63. The lowest BCUT2D eigenvalue weighted by atomic mass is 10.1. The van der Waals surface area contributed by atoms with Crippen LogP contribution in [0.4, 0.5) is 18.0 Å². The van der Waals surface area contributed by atoms with Crippen molar-refractivity contribution >= 4 is 35.6 Å². The molecule has 1 aromatic rings. The van der Waals surface area contributed by atoms with E-state index >= 15 is 0 Å². The Morgan fingerprint density at radius 2 is 1.92 bits per heavy atom. The van der Waals surface area contributed by atoms with Gasteiger partial charge in [-0.1, -0.05) is 11.6 Å². The van der Waals surface area contributed by atoms with Gasteiger partial charge in [0.25, 0.3) is 5.91 Å². The molecule has 0 aromatic heterocycles. The third-order valence-corrected chi connectivity index (χ3v) is 3.08. The molecule has 0 atom stereocenters. The van der Waals surface area contributed by atoms with Gasteiger partial charge in [0.15, 0.2) is 6.61 Å². The van der Waals surface area contributed by atoms with Crippen LogP contribution < -0.4 is 10.6 Å². The highest BCUT2D eigenvalue weighted by molar-refractivity contribution is 6.32. The van der Waals surface area contributed by atoms with E-state index in [1.807, 2.05) is 5.32 Å². The van der Waals surface area contributed by atoms with Crippen LogP contribution in [0.3, 0.4) is 0 Å². The quantitative estimate of drug-likeness (QED) is 0.595. The Hall–Kier alpha value is -2.55. The Morgan fingerprint density at radius 3 is 2.50 bits per heavy atom. The summed E-state index contributed by atoms with van der Waals surface area (Å²) in [4.78, 5) is 34.2. The lowest BCUT2D eigenvalue weighted by Crippen LogP contribution is -2.43. The third kappa shape index (κ3) is 7.56. The second-order valence-electron chi connectivity index (χ2n) is 5.35. The van der Waals surface area contributed by atoms with Gasteiger partial charge in [0.1, 0.15) is 0 Å². The molecule has 0 spiro atoms. The summed E-state index contributed by atoms with van der Waals surface area (Å²) in [6.07, 6.45) is -2.70. The van der Waals surface area contributed by atoms with Gasteiger partial charge in [0, 0.05) is 17.1 Å². The summed E-state index contributed by atoms with van der Waals surface area (Å²) in [5, 5.41) is 4.34. The monoisotopic (exact) mass is 392 g/mol. The summed E-state index contributed by atoms with van der Waals surface area (Å²) < 4.78 is 42.6. The Bertz CT molecular complexity index is 718. The first-order valence-electron chi connectivity index (χ1n) is 7.31. The van der Waals surface area contributed by atoms with Crippen molar-refractivity contribution in [2.45, 2.75) is 26.1 Å². The average Bonchev–Trinajstić information content (AvgIpc) is 2.50. The van der Waals surface area contributed by atoms with Crippen molar-refractivity contribution < 1.29 is 32.3 Å². The van der Waals surface area contributed by atoms with Gasteiger partial charge < -0.3 is 10.1 Å². The summed E-state index contributed by atoms with van der Waals surface area (Å²) in [5.41, 5.74) is -0.968. The second-order valence-corrected chi connectivity index (χ2v) is 5.76. The van der Waals surface area contributed by atoms with Crippen molar-refractivity contribution in [1.82, 2.24) is 10.6 Å². The Morgan fingerprint density at radius 1 is 1.27 bits per heavy atom. The van der Waals surface area contributed by atoms with Crippen LogP contribution in [0.15, 0.2) is 24.3 Å². The molecular formula is C16H16ClF3N2O4. The summed E-state index contributed by atoms with van der Waals surface area (Å²) in [7, 11) is 0. The minimum absolute atomic E-state index is 0.00477. The molecule has 0 aliphatic rings. The lowest BCUT2D eigenvalue weighted by molar-refractivity contribution is -0.143. The van der Waals surface area contributed by atoms with E-state index in [0.717, 1.165) is 30.4 Å². The molecule has 1 rings (SSSR count). The van der Waals surface area contributed by atoms with Crippen molar-refractivity contribution in [2.75, 3.05) is 6.61 Å². The van der Waals surface area contributed by atoms with Gasteiger partial charge in [-0.15, -0.1) is 0 Å². The largest absolute Gasteiger partial charge is 0.452 e. The molecule has 0 saturated carbocycles. The number of carbonyl (C=O) groups excluding carboxylic acids is 3. The number of imide groups is 1. The van der Waals surface area contributed by atoms with Crippen LogP contribution in [-0.4, -0.2) is 30.6 Å². The van der Waals surface area contributed by atoms with E-state index < -0.39 is 36.3 Å². The van der Waals surface area contributed by atoms with Gasteiger partial charge in [-0.3, -0.25) is 10.1 Å². The van der Waals surface area contributed by atoms with Gasteiger partial charge >= 0.3 is 18.2 Å². The fourth-order valence-electron chi connectivity index (χ4n) is 1.65. The smallest absolute Gasteiger partial charge is 0.416 e. The van der Waals surface area contributed by atoms with Crippen molar-refractivity contribution in [3.05, 3.63) is 40.4 Å². The number of urea groups is 1. The number of esters is 1. The molecular weight excluding hydrogens is 377 g/mol. The van der Waals surface area contributed by atoms with Crippen molar-refractivity contribution in [3.8, 4) is 0 Å². The SMILES string of the molecule is CC(C)NC(=O)NC(=O)COC(=O)/C=C/c1cc(C(F)(F)F)ccc1Cl. The van der Waals surface area contributed by atoms with E-state index in [4.69, 9.17) is 11.6 Å². The molecule has 0 saturated heterocycles. The number of hydrogen-bond donors (Lipinski definition) is 2. The zero-order chi connectivity index (χ0) is 19.9. The molecule has 0 aliphatic heterocycles. The van der Waals surface area contributed by atoms with Gasteiger partial charge in [-0.25, -0.2) is 9.59 Å². The number of alkyl halides is 3. The maximum absolute atomic E-state index is 12.7. The zero-order valence-electron chi connectivity index (χ0n) is 13.8. The molecule has 3 amide bonds. The molecule has 26 heavy (non-hydrogen) atoms. The number of benzene rings is 1. The predicted octanol–water partition coefficient (Wildman–Crippen LogP) is 3.15. The fraction of sp³-hybridized carbons (Fsp3) is 0.312. The number of hydrogen-bond acceptors (Lipinski definition) is 4. The molecule has 0 unspecified atom stereocenters. The van der Waals surface area contributed by atoms with E-state index in [1.54, 1.807) is 13.8 Å². The molecule has 0 radical (unpaired) electrons. The van der Waals surface area contributed by atoms with Crippen LogP contribution in [0.2, 0.25) is 5.02 Å². The standard InChI is InChI=1S/C16H16ClF3N2O4/c1-9(2)21-15(25)22-13(23)8-26-14(24)6-3-10-7-11(16(18,19)20)4-5-12(10)17/h3-7,9H,8H2,1-2H3,(H2,21,22,23,25)/b6-3+. The first-order chi connectivity index (χ1) is 12.0. The number of carbonyl (C=O) groups is 3. The zero-order valence-corrected chi connectivity index (χ0v) is 14.6. The molecule has 10 heteroatoms. The van der Waals surface area contributed by atoms with Gasteiger partial charge in [0.2, 0.25) is 0 Å². The summed E-state index contributed by atoms with van der Waals surface area (Å²) in [6, 6.07) is 1.70. The molecule has 1 aromatic carbocycles. The van der Waals surface area contributed by atoms with E-state index in [0.29, 0.717) is 0 Å². The number of rotatable bonds is 5. The number of ether oxygens (including phenoxy) is 1. The van der Waals surface area contributed by atoms with Crippen molar-refractivity contribution in [2.24, 2.45) is 0 Å².